The Morgan fingerprint density at radius 3 is 1.89 bits per heavy atom. The maximum absolute atomic E-state index is 6.15. The minimum absolute atomic E-state index is 0.172. The molecule has 0 radical (unpaired) electrons. The number of terminal acetylenes is 1. The Hall–Kier alpha value is -2.34. The first-order valence-electron chi connectivity index (χ1n) is 10.1. The van der Waals surface area contributed by atoms with Crippen LogP contribution in [0.3, 0.4) is 0 Å². The molecule has 2 aromatic rings. The fraction of sp³-hybridized carbons (Fsp3) is 0.385. The quantitative estimate of drug-likeness (QED) is 0.358. The van der Waals surface area contributed by atoms with Gasteiger partial charge in [0.2, 0.25) is 0 Å². The number of benzene rings is 2. The first kappa shape index (κ1) is 20.4. The van der Waals surface area contributed by atoms with Crippen LogP contribution in [-0.4, -0.2) is 13.2 Å². The summed E-state index contributed by atoms with van der Waals surface area (Å²) in [6, 6.07) is 20.6. The average molecular weight is 375 g/mol. The Bertz CT molecular complexity index is 726. The standard InChI is InChI=1S/C26H30O2/c1-2-17-26(18-23-11-9-10-12-23,21-27-19-24-13-5-3-6-14-24)22-28-20-25-15-7-4-8-16-25/h1,3-8,11,13-16H,9-10,12,17-22H2. The van der Waals surface area contributed by atoms with E-state index >= 15 is 0 Å². The molecule has 1 aliphatic carbocycles. The molecule has 0 N–H and O–H groups in total. The SMILES string of the molecule is C#CCC(COCc1ccccc1)(COCc1ccccc1)CC1=CCCC1. The summed E-state index contributed by atoms with van der Waals surface area (Å²) < 4.78 is 12.3. The molecule has 0 unspecified atom stereocenters. The van der Waals surface area contributed by atoms with Crippen LogP contribution in [0.5, 0.6) is 0 Å². The minimum Gasteiger partial charge on any atom is -0.376 e. The molecule has 2 nitrogen and oxygen atoms in total. The molecule has 0 amide bonds. The molecule has 28 heavy (non-hydrogen) atoms. The topological polar surface area (TPSA) is 18.5 Å². The molecular weight excluding hydrogens is 344 g/mol. The van der Waals surface area contributed by atoms with Crippen LogP contribution in [0.25, 0.3) is 0 Å². The van der Waals surface area contributed by atoms with Crippen LogP contribution in [0.15, 0.2) is 72.3 Å². The second-order valence-corrected chi connectivity index (χ2v) is 7.77. The van der Waals surface area contributed by atoms with Crippen molar-refractivity contribution in [2.75, 3.05) is 13.2 Å². The lowest BCUT2D eigenvalue weighted by molar-refractivity contribution is -0.0309. The van der Waals surface area contributed by atoms with E-state index in [0.717, 1.165) is 6.42 Å². The molecular formula is C26H30O2. The van der Waals surface area contributed by atoms with Gasteiger partial charge in [0.25, 0.3) is 0 Å². The average Bonchev–Trinajstić information content (AvgIpc) is 3.23. The van der Waals surface area contributed by atoms with E-state index in [0.29, 0.717) is 32.8 Å². The first-order valence-corrected chi connectivity index (χ1v) is 10.1. The smallest absolute Gasteiger partial charge is 0.0717 e. The lowest BCUT2D eigenvalue weighted by Gasteiger charge is -2.32. The minimum atomic E-state index is -0.172. The van der Waals surface area contributed by atoms with Crippen molar-refractivity contribution in [1.82, 2.24) is 0 Å². The van der Waals surface area contributed by atoms with Gasteiger partial charge in [-0.2, -0.15) is 0 Å². The molecule has 0 saturated carbocycles. The molecule has 0 bridgehead atoms. The van der Waals surface area contributed by atoms with Crippen LogP contribution < -0.4 is 0 Å². The van der Waals surface area contributed by atoms with Crippen molar-refractivity contribution in [2.45, 2.75) is 45.3 Å². The van der Waals surface area contributed by atoms with E-state index in [1.165, 1.54) is 36.0 Å². The van der Waals surface area contributed by atoms with Gasteiger partial charge in [-0.25, -0.2) is 0 Å². The predicted molar refractivity (Wildman–Crippen MR) is 115 cm³/mol. The second-order valence-electron chi connectivity index (χ2n) is 7.77. The third-order valence-corrected chi connectivity index (χ3v) is 5.25. The van der Waals surface area contributed by atoms with E-state index in [4.69, 9.17) is 15.9 Å². The van der Waals surface area contributed by atoms with Crippen molar-refractivity contribution in [3.8, 4) is 12.3 Å². The lowest BCUT2D eigenvalue weighted by Crippen LogP contribution is -2.33. The number of rotatable bonds is 11. The van der Waals surface area contributed by atoms with Crippen molar-refractivity contribution in [3.63, 3.8) is 0 Å². The molecule has 0 fully saturated rings. The summed E-state index contributed by atoms with van der Waals surface area (Å²) in [6.45, 7) is 2.42. The molecule has 0 saturated heterocycles. The zero-order valence-electron chi connectivity index (χ0n) is 16.6. The summed E-state index contributed by atoms with van der Waals surface area (Å²) in [7, 11) is 0. The van der Waals surface area contributed by atoms with E-state index in [1.54, 1.807) is 0 Å². The molecule has 0 aromatic heterocycles. The summed E-state index contributed by atoms with van der Waals surface area (Å²) in [4.78, 5) is 0. The van der Waals surface area contributed by atoms with Crippen LogP contribution in [0.1, 0.15) is 43.2 Å². The normalized spacial score (nSPS) is 13.9. The maximum atomic E-state index is 6.15. The van der Waals surface area contributed by atoms with Gasteiger partial charge in [-0.05, 0) is 36.8 Å². The van der Waals surface area contributed by atoms with Crippen LogP contribution in [0.2, 0.25) is 0 Å². The fourth-order valence-electron chi connectivity index (χ4n) is 3.82. The van der Waals surface area contributed by atoms with Crippen molar-refractivity contribution < 1.29 is 9.47 Å². The zero-order valence-corrected chi connectivity index (χ0v) is 16.6. The Kier molecular flexibility index (Phi) is 7.91. The summed E-state index contributed by atoms with van der Waals surface area (Å²) >= 11 is 0. The Labute approximate surface area is 169 Å². The third kappa shape index (κ3) is 6.37. The molecule has 0 aliphatic heterocycles. The predicted octanol–water partition coefficient (Wildman–Crippen LogP) is 5.93. The van der Waals surface area contributed by atoms with Crippen molar-refractivity contribution in [3.05, 3.63) is 83.4 Å². The van der Waals surface area contributed by atoms with Crippen molar-refractivity contribution in [1.29, 1.82) is 0 Å². The summed E-state index contributed by atoms with van der Waals surface area (Å²) in [6.07, 6.45) is 13.4. The molecule has 0 atom stereocenters. The van der Waals surface area contributed by atoms with E-state index in [2.05, 4.69) is 36.3 Å². The first-order chi connectivity index (χ1) is 13.8. The largest absolute Gasteiger partial charge is 0.376 e. The van der Waals surface area contributed by atoms with E-state index in [9.17, 15) is 0 Å². The zero-order chi connectivity index (χ0) is 19.5. The van der Waals surface area contributed by atoms with Gasteiger partial charge in [-0.1, -0.05) is 72.3 Å². The highest BCUT2D eigenvalue weighted by Crippen LogP contribution is 2.36. The second kappa shape index (κ2) is 10.9. The van der Waals surface area contributed by atoms with E-state index in [1.807, 2.05) is 36.4 Å². The van der Waals surface area contributed by atoms with Gasteiger partial charge in [-0.3, -0.25) is 0 Å². The molecule has 146 valence electrons. The number of ether oxygens (including phenoxy) is 2. The van der Waals surface area contributed by atoms with Crippen molar-refractivity contribution >= 4 is 0 Å². The number of hydrogen-bond acceptors (Lipinski definition) is 2. The Balaban J connectivity index is 1.64. The number of allylic oxidation sites excluding steroid dienone is 2. The third-order valence-electron chi connectivity index (χ3n) is 5.25. The maximum Gasteiger partial charge on any atom is 0.0717 e. The molecule has 2 heteroatoms. The van der Waals surface area contributed by atoms with Crippen LogP contribution >= 0.6 is 0 Å². The van der Waals surface area contributed by atoms with Gasteiger partial charge in [-0.15, -0.1) is 12.3 Å². The lowest BCUT2D eigenvalue weighted by atomic mass is 9.79. The highest BCUT2D eigenvalue weighted by atomic mass is 16.5. The van der Waals surface area contributed by atoms with E-state index < -0.39 is 0 Å². The van der Waals surface area contributed by atoms with Gasteiger partial charge < -0.3 is 9.47 Å². The van der Waals surface area contributed by atoms with Gasteiger partial charge >= 0.3 is 0 Å². The molecule has 1 aliphatic rings. The summed E-state index contributed by atoms with van der Waals surface area (Å²) in [5, 5.41) is 0. The molecule has 0 heterocycles. The fourth-order valence-corrected chi connectivity index (χ4v) is 3.82. The van der Waals surface area contributed by atoms with Gasteiger partial charge in [0.15, 0.2) is 0 Å². The summed E-state index contributed by atoms with van der Waals surface area (Å²) in [5.41, 5.74) is 3.70. The monoisotopic (exact) mass is 374 g/mol. The molecule has 0 spiro atoms. The highest BCUT2D eigenvalue weighted by molar-refractivity contribution is 5.15. The number of hydrogen-bond donors (Lipinski definition) is 0. The van der Waals surface area contributed by atoms with Gasteiger partial charge in [0.1, 0.15) is 0 Å². The van der Waals surface area contributed by atoms with Gasteiger partial charge in [0.05, 0.1) is 26.4 Å². The Morgan fingerprint density at radius 2 is 1.43 bits per heavy atom. The highest BCUT2D eigenvalue weighted by Gasteiger charge is 2.32. The van der Waals surface area contributed by atoms with Crippen LogP contribution in [0.4, 0.5) is 0 Å². The van der Waals surface area contributed by atoms with Crippen molar-refractivity contribution in [2.24, 2.45) is 5.41 Å². The van der Waals surface area contributed by atoms with Crippen LogP contribution in [0, 0.1) is 17.8 Å². The summed E-state index contributed by atoms with van der Waals surface area (Å²) in [5.74, 6) is 2.89. The molecule has 3 rings (SSSR count). The Morgan fingerprint density at radius 1 is 0.857 bits per heavy atom. The van der Waals surface area contributed by atoms with Crippen LogP contribution in [-0.2, 0) is 22.7 Å². The molecule has 2 aromatic carbocycles. The van der Waals surface area contributed by atoms with E-state index in [-0.39, 0.29) is 5.41 Å². The van der Waals surface area contributed by atoms with Gasteiger partial charge in [0, 0.05) is 11.8 Å².